The maximum absolute atomic E-state index is 12.7. The van der Waals surface area contributed by atoms with Crippen LogP contribution in [0.3, 0.4) is 0 Å². The van der Waals surface area contributed by atoms with Crippen LogP contribution in [0.25, 0.3) is 0 Å². The summed E-state index contributed by atoms with van der Waals surface area (Å²) in [5.41, 5.74) is 4.51. The number of hydrogen-bond acceptors (Lipinski definition) is 4. The maximum atomic E-state index is 12.7. The summed E-state index contributed by atoms with van der Waals surface area (Å²) < 4.78 is 18.0. The van der Waals surface area contributed by atoms with E-state index >= 15 is 0 Å². The predicted octanol–water partition coefficient (Wildman–Crippen LogP) is 1.10. The van der Waals surface area contributed by atoms with Crippen molar-refractivity contribution >= 4 is 23.6 Å². The Bertz CT molecular complexity index is 439. The van der Waals surface area contributed by atoms with Crippen LogP contribution in [0.2, 0.25) is 0 Å². The molecular formula is C12H15FN2O3S. The third-order valence-corrected chi connectivity index (χ3v) is 2.65. The van der Waals surface area contributed by atoms with Gasteiger partial charge in [0.2, 0.25) is 5.91 Å². The Morgan fingerprint density at radius 1 is 1.32 bits per heavy atom. The van der Waals surface area contributed by atoms with E-state index in [0.29, 0.717) is 5.75 Å². The topological polar surface area (TPSA) is 67.4 Å². The van der Waals surface area contributed by atoms with E-state index in [0.717, 1.165) is 0 Å². The summed E-state index contributed by atoms with van der Waals surface area (Å²) >= 11 is 1.34. The number of carbonyl (C=O) groups excluding carboxylic acids is 2. The Morgan fingerprint density at radius 2 is 1.95 bits per heavy atom. The Hall–Kier alpha value is -1.76. The van der Waals surface area contributed by atoms with Crippen molar-refractivity contribution in [1.29, 1.82) is 0 Å². The summed E-state index contributed by atoms with van der Waals surface area (Å²) in [4.78, 5) is 22.7. The molecule has 104 valence electrons. The summed E-state index contributed by atoms with van der Waals surface area (Å²) in [7, 11) is 0. The van der Waals surface area contributed by atoms with Crippen LogP contribution in [0.1, 0.15) is 6.92 Å². The first kappa shape index (κ1) is 15.3. The summed E-state index contributed by atoms with van der Waals surface area (Å²) in [6.45, 7) is 1.53. The summed E-state index contributed by atoms with van der Waals surface area (Å²) in [6.07, 6.45) is 0.974. The SMILES string of the molecule is CSCC(=O)NNC(=O)C(C)Oc1ccc(F)cc1. The zero-order valence-electron chi connectivity index (χ0n) is 10.6. The first-order valence-electron chi connectivity index (χ1n) is 5.52. The van der Waals surface area contributed by atoms with Gasteiger partial charge in [-0.1, -0.05) is 0 Å². The van der Waals surface area contributed by atoms with Gasteiger partial charge in [-0.3, -0.25) is 20.4 Å². The van der Waals surface area contributed by atoms with Crippen molar-refractivity contribution in [3.8, 4) is 5.75 Å². The predicted molar refractivity (Wildman–Crippen MR) is 71.2 cm³/mol. The number of hydrazine groups is 1. The zero-order chi connectivity index (χ0) is 14.3. The average molecular weight is 286 g/mol. The Labute approximate surface area is 114 Å². The third kappa shape index (κ3) is 5.60. The molecule has 7 heteroatoms. The van der Waals surface area contributed by atoms with Gasteiger partial charge < -0.3 is 4.74 Å². The van der Waals surface area contributed by atoms with Crippen molar-refractivity contribution in [3.05, 3.63) is 30.1 Å². The molecule has 0 aliphatic carbocycles. The highest BCUT2D eigenvalue weighted by atomic mass is 32.2. The van der Waals surface area contributed by atoms with Crippen molar-refractivity contribution in [2.24, 2.45) is 0 Å². The minimum Gasteiger partial charge on any atom is -0.481 e. The highest BCUT2D eigenvalue weighted by molar-refractivity contribution is 7.99. The van der Waals surface area contributed by atoms with Crippen molar-refractivity contribution < 1.29 is 18.7 Å². The monoisotopic (exact) mass is 286 g/mol. The molecule has 0 spiro atoms. The highest BCUT2D eigenvalue weighted by Crippen LogP contribution is 2.12. The van der Waals surface area contributed by atoms with Gasteiger partial charge in [0.05, 0.1) is 5.75 Å². The van der Waals surface area contributed by atoms with E-state index in [1.807, 2.05) is 0 Å². The quantitative estimate of drug-likeness (QED) is 0.796. The van der Waals surface area contributed by atoms with Gasteiger partial charge in [0, 0.05) is 0 Å². The van der Waals surface area contributed by atoms with Crippen LogP contribution in [0, 0.1) is 5.82 Å². The molecule has 1 rings (SSSR count). The third-order valence-electron chi connectivity index (χ3n) is 2.10. The van der Waals surface area contributed by atoms with E-state index in [2.05, 4.69) is 10.9 Å². The van der Waals surface area contributed by atoms with Gasteiger partial charge in [-0.05, 0) is 37.4 Å². The van der Waals surface area contributed by atoms with Crippen LogP contribution in [-0.2, 0) is 9.59 Å². The van der Waals surface area contributed by atoms with E-state index in [9.17, 15) is 14.0 Å². The summed E-state index contributed by atoms with van der Waals surface area (Å²) in [5, 5.41) is 0. The molecule has 0 bridgehead atoms. The van der Waals surface area contributed by atoms with Crippen LogP contribution < -0.4 is 15.6 Å². The molecule has 1 unspecified atom stereocenters. The number of carbonyl (C=O) groups is 2. The van der Waals surface area contributed by atoms with Crippen LogP contribution in [0.15, 0.2) is 24.3 Å². The van der Waals surface area contributed by atoms with Crippen LogP contribution in [0.4, 0.5) is 4.39 Å². The standard InChI is InChI=1S/C12H15FN2O3S/c1-8(12(17)15-14-11(16)7-19-2)18-10-5-3-9(13)4-6-10/h3-6,8H,7H2,1-2H3,(H,14,16)(H,15,17). The molecule has 0 saturated heterocycles. The lowest BCUT2D eigenvalue weighted by atomic mass is 10.3. The molecule has 0 saturated carbocycles. The largest absolute Gasteiger partial charge is 0.481 e. The van der Waals surface area contributed by atoms with Gasteiger partial charge in [0.25, 0.3) is 5.91 Å². The molecule has 0 fully saturated rings. The fourth-order valence-corrected chi connectivity index (χ4v) is 1.51. The fourth-order valence-electron chi connectivity index (χ4n) is 1.17. The first-order chi connectivity index (χ1) is 9.02. The lowest BCUT2D eigenvalue weighted by Gasteiger charge is -2.14. The second-order valence-electron chi connectivity index (χ2n) is 3.68. The highest BCUT2D eigenvalue weighted by Gasteiger charge is 2.15. The molecule has 0 aliphatic rings. The number of amides is 2. The van der Waals surface area contributed by atoms with Gasteiger partial charge in [-0.25, -0.2) is 4.39 Å². The molecule has 2 amide bonds. The Balaban J connectivity index is 2.40. The molecule has 1 aromatic carbocycles. The minimum atomic E-state index is -0.806. The number of hydrogen-bond donors (Lipinski definition) is 2. The summed E-state index contributed by atoms with van der Waals surface area (Å²) in [5.74, 6) is -0.533. The zero-order valence-corrected chi connectivity index (χ0v) is 11.4. The van der Waals surface area contributed by atoms with E-state index < -0.39 is 12.0 Å². The molecule has 0 radical (unpaired) electrons. The molecule has 19 heavy (non-hydrogen) atoms. The molecule has 1 aromatic rings. The van der Waals surface area contributed by atoms with E-state index in [1.165, 1.54) is 43.0 Å². The average Bonchev–Trinajstić information content (AvgIpc) is 2.39. The van der Waals surface area contributed by atoms with Crippen LogP contribution in [0.5, 0.6) is 5.75 Å². The van der Waals surface area contributed by atoms with E-state index in [-0.39, 0.29) is 17.5 Å². The van der Waals surface area contributed by atoms with Crippen LogP contribution >= 0.6 is 11.8 Å². The van der Waals surface area contributed by atoms with E-state index in [1.54, 1.807) is 6.26 Å². The minimum absolute atomic E-state index is 0.257. The maximum Gasteiger partial charge on any atom is 0.279 e. The number of rotatable bonds is 5. The smallest absolute Gasteiger partial charge is 0.279 e. The fraction of sp³-hybridized carbons (Fsp3) is 0.333. The lowest BCUT2D eigenvalue weighted by molar-refractivity contribution is -0.131. The van der Waals surface area contributed by atoms with E-state index in [4.69, 9.17) is 4.74 Å². The van der Waals surface area contributed by atoms with Gasteiger partial charge in [0.15, 0.2) is 6.10 Å². The van der Waals surface area contributed by atoms with Crippen molar-refractivity contribution in [2.75, 3.05) is 12.0 Å². The molecule has 0 aliphatic heterocycles. The first-order valence-corrected chi connectivity index (χ1v) is 6.92. The van der Waals surface area contributed by atoms with Gasteiger partial charge >= 0.3 is 0 Å². The Morgan fingerprint density at radius 3 is 2.53 bits per heavy atom. The number of halogens is 1. The van der Waals surface area contributed by atoms with Crippen molar-refractivity contribution in [3.63, 3.8) is 0 Å². The molecule has 1 atom stereocenters. The number of ether oxygens (including phenoxy) is 1. The van der Waals surface area contributed by atoms with Crippen molar-refractivity contribution in [2.45, 2.75) is 13.0 Å². The van der Waals surface area contributed by atoms with Crippen molar-refractivity contribution in [1.82, 2.24) is 10.9 Å². The number of benzene rings is 1. The van der Waals surface area contributed by atoms with Crippen LogP contribution in [-0.4, -0.2) is 29.9 Å². The molecule has 0 aromatic heterocycles. The Kier molecular flexibility index (Phi) is 6.14. The molecule has 0 heterocycles. The molecule has 5 nitrogen and oxygen atoms in total. The second-order valence-corrected chi connectivity index (χ2v) is 4.55. The van der Waals surface area contributed by atoms with Gasteiger partial charge in [-0.15, -0.1) is 0 Å². The summed E-state index contributed by atoms with van der Waals surface area (Å²) in [6, 6.07) is 5.32. The molecular weight excluding hydrogens is 271 g/mol. The van der Waals surface area contributed by atoms with Gasteiger partial charge in [0.1, 0.15) is 11.6 Å². The normalized spacial score (nSPS) is 11.5. The second kappa shape index (κ2) is 7.63. The molecule has 2 N–H and O–H groups in total. The number of nitrogens with one attached hydrogen (secondary N) is 2. The lowest BCUT2D eigenvalue weighted by Crippen LogP contribution is -2.47. The number of thioether (sulfide) groups is 1. The van der Waals surface area contributed by atoms with Gasteiger partial charge in [-0.2, -0.15) is 11.8 Å².